The Balaban J connectivity index is 0.00000341. The van der Waals surface area contributed by atoms with Gasteiger partial charge in [0.05, 0.1) is 25.5 Å². The largest absolute Gasteiger partial charge is 0.490 e. The lowest BCUT2D eigenvalue weighted by molar-refractivity contribution is 0.297. The molecule has 2 N–H and O–H groups in total. The number of hydrogen-bond acceptors (Lipinski definition) is 5. The third-order valence-corrected chi connectivity index (χ3v) is 5.31. The van der Waals surface area contributed by atoms with E-state index in [2.05, 4.69) is 15.6 Å². The Bertz CT molecular complexity index is 1000. The van der Waals surface area contributed by atoms with Crippen LogP contribution in [-0.4, -0.2) is 52.7 Å². The number of nitrogens with zero attached hydrogens (tertiary/aromatic N) is 1. The maximum atomic E-state index is 13.8. The lowest BCUT2D eigenvalue weighted by atomic mass is 10.1. The quantitative estimate of drug-likeness (QED) is 0.306. The average Bonchev–Trinajstić information content (AvgIpc) is 2.93. The van der Waals surface area contributed by atoms with E-state index in [-0.39, 0.29) is 42.1 Å². The van der Waals surface area contributed by atoms with Crippen LogP contribution >= 0.6 is 24.0 Å². The van der Waals surface area contributed by atoms with Gasteiger partial charge in [0, 0.05) is 31.0 Å². The summed E-state index contributed by atoms with van der Waals surface area (Å²) >= 11 is 0. The molecule has 0 radical (unpaired) electrons. The minimum atomic E-state index is -3.13. The van der Waals surface area contributed by atoms with Crippen LogP contribution < -0.4 is 20.1 Å². The average molecular weight is 563 g/mol. The first kappa shape index (κ1) is 25.2. The van der Waals surface area contributed by atoms with Crippen LogP contribution in [0.5, 0.6) is 11.5 Å². The van der Waals surface area contributed by atoms with E-state index in [0.717, 1.165) is 12.1 Å². The molecule has 0 bridgehead atoms. The number of nitrogens with one attached hydrogen (secondary N) is 2. The molecular formula is C21H27FIN3O4S. The highest BCUT2D eigenvalue weighted by molar-refractivity contribution is 14.0. The molecule has 2 aromatic carbocycles. The molecule has 3 rings (SSSR count). The normalized spacial score (nSPS) is 13.7. The van der Waals surface area contributed by atoms with Crippen molar-refractivity contribution < 1.29 is 22.3 Å². The van der Waals surface area contributed by atoms with Crippen LogP contribution in [0.3, 0.4) is 0 Å². The molecule has 1 aliphatic heterocycles. The summed E-state index contributed by atoms with van der Waals surface area (Å²) in [6, 6.07) is 12.0. The number of hydrogen-bond donors (Lipinski definition) is 2. The number of benzene rings is 2. The number of guanidine groups is 1. The van der Waals surface area contributed by atoms with E-state index in [4.69, 9.17) is 9.47 Å². The van der Waals surface area contributed by atoms with E-state index >= 15 is 0 Å². The van der Waals surface area contributed by atoms with Gasteiger partial charge in [-0.15, -0.1) is 24.0 Å². The number of halogens is 2. The summed E-state index contributed by atoms with van der Waals surface area (Å²) in [5.41, 5.74) is 1.31. The second-order valence-corrected chi connectivity index (χ2v) is 9.23. The monoisotopic (exact) mass is 563 g/mol. The zero-order valence-electron chi connectivity index (χ0n) is 17.3. The molecular weight excluding hydrogens is 536 g/mol. The van der Waals surface area contributed by atoms with E-state index in [1.54, 1.807) is 18.2 Å². The summed E-state index contributed by atoms with van der Waals surface area (Å²) in [6.07, 6.45) is 2.44. The van der Waals surface area contributed by atoms with Crippen molar-refractivity contribution in [2.24, 2.45) is 4.99 Å². The smallest absolute Gasteiger partial charge is 0.195 e. The van der Waals surface area contributed by atoms with Gasteiger partial charge in [0.25, 0.3) is 0 Å². The summed E-state index contributed by atoms with van der Waals surface area (Å²) in [4.78, 5) is 4.34. The Labute approximate surface area is 199 Å². The maximum Gasteiger partial charge on any atom is 0.195 e. The molecule has 0 saturated heterocycles. The Hall–Kier alpha value is -2.08. The van der Waals surface area contributed by atoms with Crippen molar-refractivity contribution in [2.75, 3.05) is 43.6 Å². The number of aliphatic imine (C=N–C) groups is 1. The van der Waals surface area contributed by atoms with Crippen LogP contribution in [0.25, 0.3) is 0 Å². The molecule has 0 aromatic heterocycles. The van der Waals surface area contributed by atoms with Crippen LogP contribution in [-0.2, 0) is 16.3 Å². The molecule has 1 heterocycles. The molecule has 0 fully saturated rings. The van der Waals surface area contributed by atoms with Gasteiger partial charge in [-0.3, -0.25) is 4.99 Å². The topological polar surface area (TPSA) is 89.0 Å². The predicted molar refractivity (Wildman–Crippen MR) is 131 cm³/mol. The van der Waals surface area contributed by atoms with Gasteiger partial charge in [-0.05, 0) is 30.2 Å². The first-order chi connectivity index (χ1) is 14.4. The molecule has 31 heavy (non-hydrogen) atoms. The summed E-state index contributed by atoms with van der Waals surface area (Å²) in [7, 11) is -3.13. The summed E-state index contributed by atoms with van der Waals surface area (Å²) in [6.45, 7) is 1.72. The van der Waals surface area contributed by atoms with Gasteiger partial charge in [0.2, 0.25) is 0 Å². The summed E-state index contributed by atoms with van der Waals surface area (Å²) in [5, 5.41) is 6.28. The first-order valence-corrected chi connectivity index (χ1v) is 11.8. The third kappa shape index (κ3) is 8.52. The Kier molecular flexibility index (Phi) is 9.82. The number of sulfone groups is 1. The first-order valence-electron chi connectivity index (χ1n) is 9.77. The second-order valence-electron chi connectivity index (χ2n) is 6.97. The van der Waals surface area contributed by atoms with Crippen LogP contribution in [0.4, 0.5) is 10.1 Å². The van der Waals surface area contributed by atoms with Crippen molar-refractivity contribution in [2.45, 2.75) is 12.8 Å². The van der Waals surface area contributed by atoms with Gasteiger partial charge in [0.1, 0.15) is 15.7 Å². The maximum absolute atomic E-state index is 13.8. The molecule has 0 aliphatic carbocycles. The zero-order chi connectivity index (χ0) is 21.4. The van der Waals surface area contributed by atoms with Crippen molar-refractivity contribution in [1.29, 1.82) is 0 Å². The lowest BCUT2D eigenvalue weighted by Gasteiger charge is -2.15. The highest BCUT2D eigenvalue weighted by Gasteiger charge is 2.12. The van der Waals surface area contributed by atoms with Crippen molar-refractivity contribution in [1.82, 2.24) is 5.32 Å². The molecule has 0 atom stereocenters. The Morgan fingerprint density at radius 1 is 1.13 bits per heavy atom. The fourth-order valence-electron chi connectivity index (χ4n) is 2.86. The fourth-order valence-corrected chi connectivity index (χ4v) is 3.28. The number of fused-ring (bicyclic) bond motifs is 1. The van der Waals surface area contributed by atoms with E-state index < -0.39 is 9.84 Å². The summed E-state index contributed by atoms with van der Waals surface area (Å²) in [5.74, 6) is 1.41. The second kappa shape index (κ2) is 12.1. The van der Waals surface area contributed by atoms with Crippen LogP contribution in [0.15, 0.2) is 47.5 Å². The van der Waals surface area contributed by atoms with Crippen LogP contribution in [0.1, 0.15) is 12.0 Å². The van der Waals surface area contributed by atoms with Gasteiger partial charge in [-0.25, -0.2) is 12.8 Å². The lowest BCUT2D eigenvalue weighted by Crippen LogP contribution is -2.33. The van der Waals surface area contributed by atoms with Gasteiger partial charge in [-0.1, -0.05) is 18.2 Å². The molecule has 1 aliphatic rings. The van der Waals surface area contributed by atoms with Crippen molar-refractivity contribution in [3.05, 3.63) is 53.8 Å². The molecule has 0 amide bonds. The minimum Gasteiger partial charge on any atom is -0.490 e. The number of anilines is 1. The molecule has 0 spiro atoms. The highest BCUT2D eigenvalue weighted by Crippen LogP contribution is 2.32. The standard InChI is InChI=1S/C21H26FN3O4S.HI/c1-30(26,27)14-11-24-21(23-10-9-16-5-2-3-6-18(16)22)25-17-7-8-19-20(15-17)29-13-4-12-28-19;/h2-3,5-8,15H,4,9-14H2,1H3,(H2,23,24,25);1H. The van der Waals surface area contributed by atoms with Crippen molar-refractivity contribution in [3.8, 4) is 11.5 Å². The van der Waals surface area contributed by atoms with Gasteiger partial charge in [-0.2, -0.15) is 0 Å². The van der Waals surface area contributed by atoms with Gasteiger partial charge < -0.3 is 20.1 Å². The molecule has 0 saturated carbocycles. The van der Waals surface area contributed by atoms with Crippen LogP contribution in [0, 0.1) is 5.82 Å². The van der Waals surface area contributed by atoms with E-state index in [0.29, 0.717) is 49.2 Å². The SMILES string of the molecule is CS(=O)(=O)CCN=C(NCCc1ccccc1F)Nc1ccc2c(c1)OCCCO2.I. The Morgan fingerprint density at radius 3 is 2.61 bits per heavy atom. The van der Waals surface area contributed by atoms with E-state index in [1.807, 2.05) is 18.2 Å². The summed E-state index contributed by atoms with van der Waals surface area (Å²) < 4.78 is 48.0. The molecule has 170 valence electrons. The Morgan fingerprint density at radius 2 is 1.87 bits per heavy atom. The van der Waals surface area contributed by atoms with Crippen molar-refractivity contribution in [3.63, 3.8) is 0 Å². The highest BCUT2D eigenvalue weighted by atomic mass is 127. The van der Waals surface area contributed by atoms with Gasteiger partial charge >= 0.3 is 0 Å². The van der Waals surface area contributed by atoms with E-state index in [1.165, 1.54) is 12.3 Å². The fraction of sp³-hybridized carbons (Fsp3) is 0.381. The third-order valence-electron chi connectivity index (χ3n) is 4.39. The van der Waals surface area contributed by atoms with Crippen molar-refractivity contribution >= 4 is 45.5 Å². The molecule has 10 heteroatoms. The number of ether oxygens (including phenoxy) is 2. The molecule has 2 aromatic rings. The minimum absolute atomic E-state index is 0. The van der Waals surface area contributed by atoms with E-state index in [9.17, 15) is 12.8 Å². The zero-order valence-corrected chi connectivity index (χ0v) is 20.4. The molecule has 0 unspecified atom stereocenters. The molecule has 7 nitrogen and oxygen atoms in total. The van der Waals surface area contributed by atoms with Gasteiger partial charge in [0.15, 0.2) is 17.5 Å². The van der Waals surface area contributed by atoms with Crippen LogP contribution in [0.2, 0.25) is 0 Å². The number of rotatable bonds is 7. The predicted octanol–water partition coefficient (Wildman–Crippen LogP) is 3.25.